The average molecular weight is 332 g/mol. The van der Waals surface area contributed by atoms with Gasteiger partial charge in [0.2, 0.25) is 0 Å². The summed E-state index contributed by atoms with van der Waals surface area (Å²) in [5.41, 5.74) is 4.79. The molecule has 0 saturated carbocycles. The number of aliphatic imine (C=N–C) groups is 1. The van der Waals surface area contributed by atoms with E-state index in [4.69, 9.17) is 4.42 Å². The minimum atomic E-state index is -0.323. The number of rotatable bonds is 4. The highest BCUT2D eigenvalue weighted by atomic mass is 16.4. The van der Waals surface area contributed by atoms with Crippen molar-refractivity contribution in [2.75, 3.05) is 18.0 Å². The molecule has 0 N–H and O–H groups in total. The monoisotopic (exact) mass is 332 g/mol. The molecule has 1 aromatic heterocycles. The van der Waals surface area contributed by atoms with Gasteiger partial charge in [-0.2, -0.15) is 0 Å². The van der Waals surface area contributed by atoms with Gasteiger partial charge in [0, 0.05) is 36.7 Å². The molecule has 0 atom stereocenters. The molecule has 0 spiro atoms. The van der Waals surface area contributed by atoms with Gasteiger partial charge in [0.1, 0.15) is 5.58 Å². The molecule has 4 rings (SSSR count). The molecule has 0 amide bonds. The molecule has 0 unspecified atom stereocenters. The molecule has 2 aromatic carbocycles. The van der Waals surface area contributed by atoms with E-state index >= 15 is 0 Å². The van der Waals surface area contributed by atoms with Crippen LogP contribution in [0.25, 0.3) is 11.0 Å². The summed E-state index contributed by atoms with van der Waals surface area (Å²) in [6, 6.07) is 15.9. The molecule has 4 nitrogen and oxygen atoms in total. The first-order valence-corrected chi connectivity index (χ1v) is 8.68. The van der Waals surface area contributed by atoms with E-state index in [1.165, 1.54) is 0 Å². The van der Waals surface area contributed by atoms with E-state index in [2.05, 4.69) is 29.8 Å². The topological polar surface area (TPSA) is 45.8 Å². The number of fused-ring (bicyclic) bond motifs is 2. The summed E-state index contributed by atoms with van der Waals surface area (Å²) in [5, 5.41) is 0.921. The first kappa shape index (κ1) is 15.6. The summed E-state index contributed by atoms with van der Waals surface area (Å²) in [6.45, 7) is 6.06. The molecule has 4 heteroatoms. The first-order valence-electron chi connectivity index (χ1n) is 8.68. The van der Waals surface area contributed by atoms with Crippen LogP contribution >= 0.6 is 0 Å². The molecular weight excluding hydrogens is 312 g/mol. The first-order chi connectivity index (χ1) is 12.2. The van der Waals surface area contributed by atoms with Crippen LogP contribution in [0.1, 0.15) is 25.0 Å². The molecule has 2 heterocycles. The van der Waals surface area contributed by atoms with Crippen LogP contribution in [0.4, 0.5) is 11.4 Å². The van der Waals surface area contributed by atoms with Crippen LogP contribution in [-0.4, -0.2) is 18.8 Å². The van der Waals surface area contributed by atoms with Crippen molar-refractivity contribution in [2.24, 2.45) is 4.99 Å². The highest BCUT2D eigenvalue weighted by Gasteiger charge is 2.19. The second kappa shape index (κ2) is 6.20. The van der Waals surface area contributed by atoms with Crippen LogP contribution in [0.15, 0.2) is 62.7 Å². The third-order valence-corrected chi connectivity index (χ3v) is 4.76. The van der Waals surface area contributed by atoms with E-state index in [0.717, 1.165) is 41.1 Å². The number of para-hydroxylation sites is 1. The number of benzene rings is 2. The van der Waals surface area contributed by atoms with E-state index in [1.807, 2.05) is 42.5 Å². The zero-order valence-electron chi connectivity index (χ0n) is 14.5. The van der Waals surface area contributed by atoms with Gasteiger partial charge >= 0.3 is 5.63 Å². The second-order valence-electron chi connectivity index (χ2n) is 6.21. The SMILES string of the molecule is CCN(CC)c1ccc2cc(C3=Nc4ccccc4C3)c(=O)oc2c1. The smallest absolute Gasteiger partial charge is 0.345 e. The standard InChI is InChI=1S/C21H20N2O2/c1-3-23(4-2)16-10-9-15-11-17(21(24)25-20(15)13-16)19-12-14-7-5-6-8-18(14)22-19/h5-11,13H,3-4,12H2,1-2H3. The molecule has 0 aliphatic carbocycles. The predicted molar refractivity (Wildman–Crippen MR) is 102 cm³/mol. The fourth-order valence-corrected chi connectivity index (χ4v) is 3.38. The summed E-state index contributed by atoms with van der Waals surface area (Å²) >= 11 is 0. The quantitative estimate of drug-likeness (QED) is 0.669. The molecule has 3 aromatic rings. The Hall–Kier alpha value is -2.88. The van der Waals surface area contributed by atoms with E-state index in [9.17, 15) is 4.79 Å². The van der Waals surface area contributed by atoms with Gasteiger partial charge in [0.25, 0.3) is 0 Å². The van der Waals surface area contributed by atoms with Gasteiger partial charge in [0.05, 0.1) is 17.0 Å². The van der Waals surface area contributed by atoms with Crippen molar-refractivity contribution in [1.82, 2.24) is 0 Å². The van der Waals surface area contributed by atoms with E-state index < -0.39 is 0 Å². The van der Waals surface area contributed by atoms with E-state index in [1.54, 1.807) is 0 Å². The lowest BCUT2D eigenvalue weighted by atomic mass is 10.0. The van der Waals surface area contributed by atoms with Crippen LogP contribution in [0.3, 0.4) is 0 Å². The number of hydrogen-bond acceptors (Lipinski definition) is 4. The largest absolute Gasteiger partial charge is 0.422 e. The Morgan fingerprint density at radius 2 is 1.88 bits per heavy atom. The molecule has 0 bridgehead atoms. The lowest BCUT2D eigenvalue weighted by molar-refractivity contribution is 0.559. The van der Waals surface area contributed by atoms with Crippen LogP contribution in [-0.2, 0) is 6.42 Å². The fourth-order valence-electron chi connectivity index (χ4n) is 3.38. The molecular formula is C21H20N2O2. The van der Waals surface area contributed by atoms with Crippen LogP contribution in [0.5, 0.6) is 0 Å². The minimum Gasteiger partial charge on any atom is -0.422 e. The summed E-state index contributed by atoms with van der Waals surface area (Å²) < 4.78 is 5.62. The maximum atomic E-state index is 12.5. The summed E-state index contributed by atoms with van der Waals surface area (Å²) in [6.07, 6.45) is 0.671. The van der Waals surface area contributed by atoms with Crippen molar-refractivity contribution in [1.29, 1.82) is 0 Å². The summed E-state index contributed by atoms with van der Waals surface area (Å²) in [5.74, 6) is 0. The Labute approximate surface area is 146 Å². The van der Waals surface area contributed by atoms with Crippen LogP contribution in [0, 0.1) is 0 Å². The van der Waals surface area contributed by atoms with E-state index in [-0.39, 0.29) is 5.63 Å². The molecule has 1 aliphatic heterocycles. The maximum absolute atomic E-state index is 12.5. The highest BCUT2D eigenvalue weighted by Crippen LogP contribution is 2.29. The Kier molecular flexibility index (Phi) is 3.88. The zero-order chi connectivity index (χ0) is 17.4. The van der Waals surface area contributed by atoms with Crippen molar-refractivity contribution in [3.63, 3.8) is 0 Å². The fraction of sp³-hybridized carbons (Fsp3) is 0.238. The Morgan fingerprint density at radius 1 is 1.08 bits per heavy atom. The van der Waals surface area contributed by atoms with Gasteiger partial charge in [0.15, 0.2) is 0 Å². The van der Waals surface area contributed by atoms with Gasteiger partial charge in [-0.15, -0.1) is 0 Å². The molecule has 1 aliphatic rings. The summed E-state index contributed by atoms with van der Waals surface area (Å²) in [4.78, 5) is 19.4. The van der Waals surface area contributed by atoms with Crippen molar-refractivity contribution in [3.8, 4) is 0 Å². The third kappa shape index (κ3) is 2.74. The second-order valence-corrected chi connectivity index (χ2v) is 6.21. The van der Waals surface area contributed by atoms with E-state index in [0.29, 0.717) is 17.6 Å². The molecule has 0 radical (unpaired) electrons. The van der Waals surface area contributed by atoms with Gasteiger partial charge in [-0.25, -0.2) is 4.79 Å². The Bertz CT molecular complexity index is 1030. The molecule has 126 valence electrons. The van der Waals surface area contributed by atoms with Crippen molar-refractivity contribution < 1.29 is 4.42 Å². The van der Waals surface area contributed by atoms with Crippen molar-refractivity contribution in [2.45, 2.75) is 20.3 Å². The molecule has 0 fully saturated rings. The highest BCUT2D eigenvalue weighted by molar-refractivity contribution is 6.07. The van der Waals surface area contributed by atoms with Crippen LogP contribution in [0.2, 0.25) is 0 Å². The Morgan fingerprint density at radius 3 is 2.64 bits per heavy atom. The van der Waals surface area contributed by atoms with Gasteiger partial charge < -0.3 is 9.32 Å². The average Bonchev–Trinajstić information content (AvgIpc) is 3.06. The van der Waals surface area contributed by atoms with Crippen molar-refractivity contribution >= 4 is 28.1 Å². The summed E-state index contributed by atoms with van der Waals surface area (Å²) in [7, 11) is 0. The third-order valence-electron chi connectivity index (χ3n) is 4.76. The molecule has 0 saturated heterocycles. The maximum Gasteiger partial charge on any atom is 0.345 e. The zero-order valence-corrected chi connectivity index (χ0v) is 14.5. The van der Waals surface area contributed by atoms with Crippen LogP contribution < -0.4 is 10.5 Å². The van der Waals surface area contributed by atoms with Crippen molar-refractivity contribution in [3.05, 3.63) is 70.1 Å². The lowest BCUT2D eigenvalue weighted by Crippen LogP contribution is -2.21. The van der Waals surface area contributed by atoms with Gasteiger partial charge in [-0.1, -0.05) is 18.2 Å². The molecule has 25 heavy (non-hydrogen) atoms. The Balaban J connectivity index is 1.77. The van der Waals surface area contributed by atoms with Gasteiger partial charge in [-0.3, -0.25) is 4.99 Å². The lowest BCUT2D eigenvalue weighted by Gasteiger charge is -2.21. The normalized spacial score (nSPS) is 13.0. The van der Waals surface area contributed by atoms with Gasteiger partial charge in [-0.05, 0) is 43.7 Å². The minimum absolute atomic E-state index is 0.323. The number of hydrogen-bond donors (Lipinski definition) is 0. The number of nitrogens with zero attached hydrogens (tertiary/aromatic N) is 2. The predicted octanol–water partition coefficient (Wildman–Crippen LogP) is 4.32. The number of anilines is 1.